The van der Waals surface area contributed by atoms with E-state index < -0.39 is 5.25 Å². The number of benzene rings is 3. The van der Waals surface area contributed by atoms with Gasteiger partial charge < -0.3 is 10.6 Å². The van der Waals surface area contributed by atoms with E-state index in [9.17, 15) is 14.4 Å². The molecule has 1 aliphatic carbocycles. The Kier molecular flexibility index (Phi) is 6.43. The quantitative estimate of drug-likeness (QED) is 0.302. The fourth-order valence-corrected chi connectivity index (χ4v) is 5.62. The Hall–Kier alpha value is -3.82. The molecule has 1 heterocycles. The van der Waals surface area contributed by atoms with Gasteiger partial charge in [0, 0.05) is 34.5 Å². The second kappa shape index (κ2) is 9.81. The number of carbonyl (C=O) groups is 3. The van der Waals surface area contributed by atoms with Gasteiger partial charge in [-0.25, -0.2) is 0 Å². The highest BCUT2D eigenvalue weighted by atomic mass is 32.2. The molecule has 2 N–H and O–H groups in total. The van der Waals surface area contributed by atoms with Gasteiger partial charge >= 0.3 is 0 Å². The Morgan fingerprint density at radius 2 is 1.54 bits per heavy atom. The number of nitrogens with zero attached hydrogens (tertiary/aromatic N) is 2. The highest BCUT2D eigenvalue weighted by Crippen LogP contribution is 2.31. The maximum atomic E-state index is 12.9. The summed E-state index contributed by atoms with van der Waals surface area (Å²) in [6.45, 7) is 2.42. The van der Waals surface area contributed by atoms with Gasteiger partial charge in [-0.2, -0.15) is 0 Å². The van der Waals surface area contributed by atoms with E-state index in [1.807, 2.05) is 30.3 Å². The summed E-state index contributed by atoms with van der Waals surface area (Å²) in [5.74, 6) is -0.651. The summed E-state index contributed by atoms with van der Waals surface area (Å²) < 4.78 is 0.672. The van der Waals surface area contributed by atoms with Crippen molar-refractivity contribution in [3.63, 3.8) is 0 Å². The van der Waals surface area contributed by atoms with Gasteiger partial charge in [-0.3, -0.25) is 14.4 Å². The standard InChI is InChI=1S/C26H20N4O3S2/c1-15(34-26-30-29-25(35-26)27-14-16-7-3-2-4-8-16)24(33)28-17-11-12-20-21(13-17)23(32)19-10-6-5-9-18(19)22(20)31/h2-13,15H,14H2,1H3,(H,27,29)(H,28,33)/t15-/m1/s1. The van der Waals surface area contributed by atoms with E-state index >= 15 is 0 Å². The van der Waals surface area contributed by atoms with Crippen LogP contribution in [0.2, 0.25) is 0 Å². The summed E-state index contributed by atoms with van der Waals surface area (Å²) in [6.07, 6.45) is 0. The predicted molar refractivity (Wildman–Crippen MR) is 137 cm³/mol. The molecule has 1 amide bonds. The third-order valence-electron chi connectivity index (χ3n) is 5.53. The second-order valence-electron chi connectivity index (χ2n) is 7.93. The van der Waals surface area contributed by atoms with Crippen LogP contribution in [0.3, 0.4) is 0 Å². The number of hydrogen-bond acceptors (Lipinski definition) is 8. The van der Waals surface area contributed by atoms with Gasteiger partial charge in [0.25, 0.3) is 0 Å². The number of fused-ring (bicyclic) bond motifs is 2. The molecule has 0 radical (unpaired) electrons. The second-order valence-corrected chi connectivity index (χ2v) is 10.5. The van der Waals surface area contributed by atoms with E-state index in [2.05, 4.69) is 20.8 Å². The molecule has 9 heteroatoms. The van der Waals surface area contributed by atoms with Crippen LogP contribution in [0.1, 0.15) is 44.3 Å². The lowest BCUT2D eigenvalue weighted by Crippen LogP contribution is -2.24. The minimum atomic E-state index is -0.445. The molecule has 1 atom stereocenters. The van der Waals surface area contributed by atoms with Crippen LogP contribution in [-0.2, 0) is 11.3 Å². The van der Waals surface area contributed by atoms with E-state index in [4.69, 9.17) is 0 Å². The average Bonchev–Trinajstić information content (AvgIpc) is 3.33. The molecular weight excluding hydrogens is 480 g/mol. The number of rotatable bonds is 7. The predicted octanol–water partition coefficient (Wildman–Crippen LogP) is 5.04. The number of ketones is 2. The fourth-order valence-electron chi connectivity index (χ4n) is 3.73. The molecular formula is C26H20N4O3S2. The van der Waals surface area contributed by atoms with Crippen molar-refractivity contribution in [2.24, 2.45) is 0 Å². The molecule has 0 saturated carbocycles. The van der Waals surface area contributed by atoms with Gasteiger partial charge in [-0.15, -0.1) is 10.2 Å². The van der Waals surface area contributed by atoms with Gasteiger partial charge in [0.2, 0.25) is 11.0 Å². The number of amides is 1. The van der Waals surface area contributed by atoms with Crippen LogP contribution in [0.15, 0.2) is 77.1 Å². The first-order valence-electron chi connectivity index (χ1n) is 10.9. The van der Waals surface area contributed by atoms with Crippen LogP contribution < -0.4 is 10.6 Å². The lowest BCUT2D eigenvalue weighted by molar-refractivity contribution is -0.115. The minimum absolute atomic E-state index is 0.190. The first-order chi connectivity index (χ1) is 17.0. The molecule has 4 aromatic rings. The summed E-state index contributed by atoms with van der Waals surface area (Å²) in [7, 11) is 0. The van der Waals surface area contributed by atoms with Crippen molar-refractivity contribution in [3.8, 4) is 0 Å². The molecule has 0 bridgehead atoms. The highest BCUT2D eigenvalue weighted by Gasteiger charge is 2.29. The monoisotopic (exact) mass is 500 g/mol. The Labute approximate surface area is 210 Å². The zero-order chi connectivity index (χ0) is 24.4. The summed E-state index contributed by atoms with van der Waals surface area (Å²) in [5.41, 5.74) is 3.03. The Balaban J connectivity index is 1.22. The first-order valence-corrected chi connectivity index (χ1v) is 12.6. The summed E-state index contributed by atoms with van der Waals surface area (Å²) in [4.78, 5) is 38.5. The van der Waals surface area contributed by atoms with Crippen LogP contribution in [0.25, 0.3) is 0 Å². The molecule has 3 aromatic carbocycles. The Bertz CT molecular complexity index is 1440. The van der Waals surface area contributed by atoms with Crippen LogP contribution in [0, 0.1) is 0 Å². The van der Waals surface area contributed by atoms with Gasteiger partial charge in [-0.1, -0.05) is 77.7 Å². The topological polar surface area (TPSA) is 101 Å². The van der Waals surface area contributed by atoms with Gasteiger partial charge in [0.05, 0.1) is 5.25 Å². The van der Waals surface area contributed by atoms with Crippen molar-refractivity contribution < 1.29 is 14.4 Å². The van der Waals surface area contributed by atoms with Crippen LogP contribution >= 0.6 is 23.1 Å². The van der Waals surface area contributed by atoms with E-state index in [-0.39, 0.29) is 17.5 Å². The van der Waals surface area contributed by atoms with Crippen molar-refractivity contribution in [2.75, 3.05) is 10.6 Å². The number of thioether (sulfide) groups is 1. The minimum Gasteiger partial charge on any atom is -0.356 e. The molecule has 5 rings (SSSR count). The molecule has 1 aromatic heterocycles. The lowest BCUT2D eigenvalue weighted by Gasteiger charge is -2.18. The van der Waals surface area contributed by atoms with Crippen molar-refractivity contribution in [1.82, 2.24) is 10.2 Å². The molecule has 0 aliphatic heterocycles. The molecule has 7 nitrogen and oxygen atoms in total. The third-order valence-corrected chi connectivity index (χ3v) is 7.60. The van der Waals surface area contributed by atoms with E-state index in [1.54, 1.807) is 49.4 Å². The molecule has 0 unspecified atom stereocenters. The number of nitrogens with one attached hydrogen (secondary N) is 2. The fraction of sp³-hybridized carbons (Fsp3) is 0.115. The Morgan fingerprint density at radius 1 is 0.886 bits per heavy atom. The molecule has 0 saturated heterocycles. The average molecular weight is 501 g/mol. The summed E-state index contributed by atoms with van der Waals surface area (Å²) >= 11 is 2.69. The molecule has 0 spiro atoms. The van der Waals surface area contributed by atoms with E-state index in [1.165, 1.54) is 23.1 Å². The molecule has 1 aliphatic rings. The number of aromatic nitrogens is 2. The molecule has 174 valence electrons. The van der Waals surface area contributed by atoms with Crippen molar-refractivity contribution in [1.29, 1.82) is 0 Å². The van der Waals surface area contributed by atoms with Crippen molar-refractivity contribution >= 4 is 51.4 Å². The maximum Gasteiger partial charge on any atom is 0.237 e. The Morgan fingerprint density at radius 3 is 2.29 bits per heavy atom. The van der Waals surface area contributed by atoms with E-state index in [0.717, 1.165) is 5.56 Å². The largest absolute Gasteiger partial charge is 0.356 e. The number of anilines is 2. The maximum absolute atomic E-state index is 12.9. The van der Waals surface area contributed by atoms with Gasteiger partial charge in [0.15, 0.2) is 15.9 Å². The summed E-state index contributed by atoms with van der Waals surface area (Å²) in [5, 5.41) is 14.6. The van der Waals surface area contributed by atoms with Gasteiger partial charge in [0.1, 0.15) is 0 Å². The zero-order valence-electron chi connectivity index (χ0n) is 18.6. The highest BCUT2D eigenvalue weighted by molar-refractivity contribution is 8.02. The van der Waals surface area contributed by atoms with Crippen LogP contribution in [-0.4, -0.2) is 32.9 Å². The SMILES string of the molecule is C[C@@H](Sc1nnc(NCc2ccccc2)s1)C(=O)Nc1ccc2c(c1)C(=O)c1ccccc1C2=O. The van der Waals surface area contributed by atoms with Crippen LogP contribution in [0.5, 0.6) is 0 Å². The van der Waals surface area contributed by atoms with E-state index in [0.29, 0.717) is 44.0 Å². The molecule has 0 fully saturated rings. The smallest absolute Gasteiger partial charge is 0.237 e. The first kappa shape index (κ1) is 22.9. The lowest BCUT2D eigenvalue weighted by atomic mass is 9.84. The summed E-state index contributed by atoms with van der Waals surface area (Å²) in [6, 6.07) is 21.6. The van der Waals surface area contributed by atoms with Crippen molar-refractivity contribution in [3.05, 3.63) is 101 Å². The third kappa shape index (κ3) is 4.87. The normalized spacial score (nSPS) is 13.1. The van der Waals surface area contributed by atoms with Crippen LogP contribution in [0.4, 0.5) is 10.8 Å². The number of carbonyl (C=O) groups excluding carboxylic acids is 3. The zero-order valence-corrected chi connectivity index (χ0v) is 20.3. The number of hydrogen-bond donors (Lipinski definition) is 2. The molecule has 35 heavy (non-hydrogen) atoms. The van der Waals surface area contributed by atoms with Crippen molar-refractivity contribution in [2.45, 2.75) is 23.1 Å². The van der Waals surface area contributed by atoms with Gasteiger partial charge in [-0.05, 0) is 30.7 Å².